The molecule has 0 unspecified atom stereocenters. The molecule has 0 aliphatic carbocycles. The molecular formula is C11H12FNO4S. The summed E-state index contributed by atoms with van der Waals surface area (Å²) in [5.41, 5.74) is 5.21. The summed E-state index contributed by atoms with van der Waals surface area (Å²) in [5, 5.41) is 8.69. The lowest BCUT2D eigenvalue weighted by atomic mass is 10.2. The molecule has 0 aliphatic heterocycles. The highest BCUT2D eigenvalue weighted by molar-refractivity contribution is 8.00. The molecule has 1 aromatic rings. The van der Waals surface area contributed by atoms with Crippen LogP contribution in [0.3, 0.4) is 0 Å². The molecule has 0 bridgehead atoms. The summed E-state index contributed by atoms with van der Waals surface area (Å²) in [5.74, 6) is -2.72. The molecule has 0 heterocycles. The molecule has 0 amide bonds. The minimum Gasteiger partial charge on any atom is -0.478 e. The van der Waals surface area contributed by atoms with Crippen molar-refractivity contribution in [3.8, 4) is 0 Å². The van der Waals surface area contributed by atoms with Crippen LogP contribution in [-0.2, 0) is 9.53 Å². The van der Waals surface area contributed by atoms with E-state index >= 15 is 0 Å². The Bertz CT molecular complexity index is 478. The lowest BCUT2D eigenvalue weighted by Gasteiger charge is -2.07. The Morgan fingerprint density at radius 3 is 2.72 bits per heavy atom. The molecule has 98 valence electrons. The normalized spacial score (nSPS) is 10.1. The number of carboxylic acids is 1. The first-order valence-corrected chi connectivity index (χ1v) is 6.05. The monoisotopic (exact) mass is 273 g/mol. The van der Waals surface area contributed by atoms with Gasteiger partial charge in [0.2, 0.25) is 0 Å². The van der Waals surface area contributed by atoms with Crippen molar-refractivity contribution < 1.29 is 23.8 Å². The molecule has 0 aliphatic rings. The molecule has 1 aromatic carbocycles. The molecule has 5 nitrogen and oxygen atoms in total. The van der Waals surface area contributed by atoms with Gasteiger partial charge in [0.25, 0.3) is 0 Å². The Hall–Kier alpha value is -1.76. The second kappa shape index (κ2) is 6.25. The van der Waals surface area contributed by atoms with Crippen molar-refractivity contribution in [2.24, 2.45) is 0 Å². The summed E-state index contributed by atoms with van der Waals surface area (Å²) >= 11 is 0.997. The van der Waals surface area contributed by atoms with Crippen molar-refractivity contribution in [3.05, 3.63) is 23.5 Å². The first kappa shape index (κ1) is 14.3. The number of esters is 1. The van der Waals surface area contributed by atoms with Crippen LogP contribution in [0.15, 0.2) is 17.0 Å². The van der Waals surface area contributed by atoms with Crippen molar-refractivity contribution in [2.45, 2.75) is 11.8 Å². The van der Waals surface area contributed by atoms with Crippen molar-refractivity contribution in [3.63, 3.8) is 0 Å². The number of aromatic carboxylic acids is 1. The number of hydrogen-bond donors (Lipinski definition) is 2. The van der Waals surface area contributed by atoms with Crippen LogP contribution >= 0.6 is 11.8 Å². The minimum absolute atomic E-state index is 0.0100. The van der Waals surface area contributed by atoms with Crippen LogP contribution in [-0.4, -0.2) is 29.4 Å². The summed E-state index contributed by atoms with van der Waals surface area (Å²) in [6.45, 7) is 1.94. The van der Waals surface area contributed by atoms with Gasteiger partial charge in [0.1, 0.15) is 5.82 Å². The van der Waals surface area contributed by atoms with E-state index in [1.165, 1.54) is 0 Å². The van der Waals surface area contributed by atoms with Gasteiger partial charge >= 0.3 is 11.9 Å². The minimum atomic E-state index is -1.39. The number of carboxylic acid groups (broad SMARTS) is 1. The standard InChI is InChI=1S/C11H12FNO4S/c1-2-17-10(14)5-18-9-4-7(12)6(11(15)16)3-8(9)13/h3-4H,2,5,13H2,1H3,(H,15,16). The fourth-order valence-corrected chi connectivity index (χ4v) is 1.97. The molecule has 0 saturated heterocycles. The second-order valence-corrected chi connectivity index (χ2v) is 4.29. The van der Waals surface area contributed by atoms with Gasteiger partial charge in [-0.05, 0) is 19.1 Å². The lowest BCUT2D eigenvalue weighted by Crippen LogP contribution is -2.07. The van der Waals surface area contributed by atoms with E-state index in [1.54, 1.807) is 6.92 Å². The Kier molecular flexibility index (Phi) is 4.96. The van der Waals surface area contributed by atoms with Gasteiger partial charge in [-0.1, -0.05) is 0 Å². The first-order chi connectivity index (χ1) is 8.45. The molecule has 18 heavy (non-hydrogen) atoms. The number of ether oxygens (including phenoxy) is 1. The molecular weight excluding hydrogens is 261 g/mol. The number of rotatable bonds is 5. The zero-order valence-corrected chi connectivity index (χ0v) is 10.4. The predicted octanol–water partition coefficient (Wildman–Crippen LogP) is 1.76. The summed E-state index contributed by atoms with van der Waals surface area (Å²) in [4.78, 5) is 22.1. The molecule has 0 atom stereocenters. The van der Waals surface area contributed by atoms with Gasteiger partial charge in [0, 0.05) is 10.6 Å². The Morgan fingerprint density at radius 1 is 1.50 bits per heavy atom. The van der Waals surface area contributed by atoms with Gasteiger partial charge in [-0.25, -0.2) is 9.18 Å². The third kappa shape index (κ3) is 3.63. The van der Waals surface area contributed by atoms with Gasteiger partial charge in [0.05, 0.1) is 17.9 Å². The van der Waals surface area contributed by atoms with E-state index in [2.05, 4.69) is 0 Å². The number of nitrogen functional groups attached to an aromatic ring is 1. The quantitative estimate of drug-likeness (QED) is 0.482. The smallest absolute Gasteiger partial charge is 0.338 e. The number of anilines is 1. The molecule has 0 aromatic heterocycles. The van der Waals surface area contributed by atoms with Gasteiger partial charge in [-0.3, -0.25) is 4.79 Å². The molecule has 0 saturated carbocycles. The maximum atomic E-state index is 13.4. The number of nitrogens with two attached hydrogens (primary N) is 1. The zero-order valence-electron chi connectivity index (χ0n) is 9.60. The average molecular weight is 273 g/mol. The molecule has 0 fully saturated rings. The largest absolute Gasteiger partial charge is 0.478 e. The van der Waals surface area contributed by atoms with Gasteiger partial charge in [0.15, 0.2) is 0 Å². The third-order valence-electron chi connectivity index (χ3n) is 1.98. The van der Waals surface area contributed by atoms with Crippen LogP contribution in [0, 0.1) is 5.82 Å². The van der Waals surface area contributed by atoms with Gasteiger partial charge in [-0.15, -0.1) is 11.8 Å². The van der Waals surface area contributed by atoms with Crippen molar-refractivity contribution >= 4 is 29.4 Å². The van der Waals surface area contributed by atoms with Gasteiger partial charge in [-0.2, -0.15) is 0 Å². The summed E-state index contributed by atoms with van der Waals surface area (Å²) in [6.07, 6.45) is 0. The molecule has 0 radical (unpaired) electrons. The number of halogens is 1. The van der Waals surface area contributed by atoms with E-state index in [9.17, 15) is 14.0 Å². The Balaban J connectivity index is 2.82. The molecule has 3 N–H and O–H groups in total. The van der Waals surface area contributed by atoms with Crippen LogP contribution in [0.25, 0.3) is 0 Å². The second-order valence-electron chi connectivity index (χ2n) is 3.27. The van der Waals surface area contributed by atoms with Crippen molar-refractivity contribution in [1.29, 1.82) is 0 Å². The molecule has 0 spiro atoms. The predicted molar refractivity (Wildman–Crippen MR) is 65.1 cm³/mol. The van der Waals surface area contributed by atoms with E-state index in [4.69, 9.17) is 15.6 Å². The van der Waals surface area contributed by atoms with Crippen LogP contribution < -0.4 is 5.73 Å². The van der Waals surface area contributed by atoms with Gasteiger partial charge < -0.3 is 15.6 Å². The number of hydrogen-bond acceptors (Lipinski definition) is 5. The number of carbonyl (C=O) groups is 2. The number of thioether (sulfide) groups is 1. The fraction of sp³-hybridized carbons (Fsp3) is 0.273. The highest BCUT2D eigenvalue weighted by atomic mass is 32.2. The van der Waals surface area contributed by atoms with Crippen molar-refractivity contribution in [2.75, 3.05) is 18.1 Å². The Morgan fingerprint density at radius 2 is 2.17 bits per heavy atom. The highest BCUT2D eigenvalue weighted by Crippen LogP contribution is 2.28. The van der Waals surface area contributed by atoms with Crippen LogP contribution in [0.1, 0.15) is 17.3 Å². The van der Waals surface area contributed by atoms with Crippen molar-refractivity contribution in [1.82, 2.24) is 0 Å². The molecule has 1 rings (SSSR count). The lowest BCUT2D eigenvalue weighted by molar-refractivity contribution is -0.139. The van der Waals surface area contributed by atoms with E-state index in [1.807, 2.05) is 0 Å². The summed E-state index contributed by atoms with van der Waals surface area (Å²) < 4.78 is 18.1. The number of carbonyl (C=O) groups excluding carboxylic acids is 1. The summed E-state index contributed by atoms with van der Waals surface area (Å²) in [7, 11) is 0. The topological polar surface area (TPSA) is 89.6 Å². The van der Waals surface area contributed by atoms with E-state index in [-0.39, 0.29) is 18.0 Å². The fourth-order valence-electron chi connectivity index (χ4n) is 1.20. The van der Waals surface area contributed by atoms with E-state index in [0.29, 0.717) is 4.90 Å². The zero-order chi connectivity index (χ0) is 13.7. The maximum absolute atomic E-state index is 13.4. The van der Waals surface area contributed by atoms with E-state index < -0.39 is 23.3 Å². The Labute approximate surface area is 107 Å². The van der Waals surface area contributed by atoms with Crippen LogP contribution in [0.4, 0.5) is 10.1 Å². The SMILES string of the molecule is CCOC(=O)CSc1cc(F)c(C(=O)O)cc1N. The first-order valence-electron chi connectivity index (χ1n) is 5.06. The highest BCUT2D eigenvalue weighted by Gasteiger charge is 2.14. The third-order valence-corrected chi connectivity index (χ3v) is 3.03. The van der Waals surface area contributed by atoms with Crippen LogP contribution in [0.5, 0.6) is 0 Å². The maximum Gasteiger partial charge on any atom is 0.338 e. The molecule has 7 heteroatoms. The van der Waals surface area contributed by atoms with E-state index in [0.717, 1.165) is 23.9 Å². The number of benzene rings is 1. The average Bonchev–Trinajstić information content (AvgIpc) is 2.29. The summed E-state index contributed by atoms with van der Waals surface area (Å²) in [6, 6.07) is 2.04. The van der Waals surface area contributed by atoms with Crippen LogP contribution in [0.2, 0.25) is 0 Å².